The molecule has 2 N–H and O–H groups in total. The van der Waals surface area contributed by atoms with Gasteiger partial charge in [-0.25, -0.2) is 0 Å². The molecule has 1 fully saturated rings. The SMILES string of the molecule is O/N=C1/C(Cl)=C2c3ccc4n[nH]nc4c3CC23CCC1C3. The van der Waals surface area contributed by atoms with Crippen LogP contribution in [0, 0.1) is 11.3 Å². The van der Waals surface area contributed by atoms with Crippen molar-refractivity contribution in [2.45, 2.75) is 25.7 Å². The average Bonchev–Trinajstić information content (AvgIpc) is 3.15. The van der Waals surface area contributed by atoms with Crippen molar-refractivity contribution in [3.63, 3.8) is 0 Å². The molecule has 1 heterocycles. The Hall–Kier alpha value is -1.88. The number of nitrogens with zero attached hydrogens (tertiary/aromatic N) is 3. The van der Waals surface area contributed by atoms with Crippen LogP contribution in [0.15, 0.2) is 22.3 Å². The molecule has 0 radical (unpaired) electrons. The average molecular weight is 301 g/mol. The molecule has 2 bridgehead atoms. The molecule has 1 aromatic heterocycles. The monoisotopic (exact) mass is 300 g/mol. The van der Waals surface area contributed by atoms with Crippen LogP contribution in [0.2, 0.25) is 0 Å². The summed E-state index contributed by atoms with van der Waals surface area (Å²) < 4.78 is 0. The molecule has 2 atom stereocenters. The quantitative estimate of drug-likeness (QED) is 0.580. The summed E-state index contributed by atoms with van der Waals surface area (Å²) in [6.07, 6.45) is 4.12. The topological polar surface area (TPSA) is 74.2 Å². The first-order valence-corrected chi connectivity index (χ1v) is 7.57. The fraction of sp³-hybridized carbons (Fsp3) is 0.400. The van der Waals surface area contributed by atoms with Crippen LogP contribution < -0.4 is 0 Å². The van der Waals surface area contributed by atoms with Gasteiger partial charge in [0.2, 0.25) is 0 Å². The normalized spacial score (nSPS) is 32.0. The molecule has 1 aromatic carbocycles. The van der Waals surface area contributed by atoms with Gasteiger partial charge in [-0.15, -0.1) is 0 Å². The van der Waals surface area contributed by atoms with E-state index in [0.717, 1.165) is 47.9 Å². The van der Waals surface area contributed by atoms with Crippen molar-refractivity contribution in [1.82, 2.24) is 15.4 Å². The van der Waals surface area contributed by atoms with Crippen LogP contribution in [-0.2, 0) is 6.42 Å². The van der Waals surface area contributed by atoms with Gasteiger partial charge in [0, 0.05) is 11.3 Å². The van der Waals surface area contributed by atoms with Gasteiger partial charge in [-0.3, -0.25) is 0 Å². The molecule has 0 amide bonds. The Morgan fingerprint density at radius 1 is 1.38 bits per heavy atom. The predicted molar refractivity (Wildman–Crippen MR) is 79.4 cm³/mol. The van der Waals surface area contributed by atoms with Crippen LogP contribution in [0.5, 0.6) is 0 Å². The van der Waals surface area contributed by atoms with Gasteiger partial charge in [0.1, 0.15) is 16.7 Å². The lowest BCUT2D eigenvalue weighted by atomic mass is 9.74. The van der Waals surface area contributed by atoms with E-state index in [1.165, 1.54) is 5.56 Å². The van der Waals surface area contributed by atoms with Crippen LogP contribution in [-0.4, -0.2) is 26.3 Å². The third kappa shape index (κ3) is 1.26. The number of rotatable bonds is 0. The molecule has 5 nitrogen and oxygen atoms in total. The maximum absolute atomic E-state index is 9.33. The summed E-state index contributed by atoms with van der Waals surface area (Å²) in [6.45, 7) is 0. The molecule has 1 saturated carbocycles. The molecule has 5 rings (SSSR count). The number of hydrogen-bond donors (Lipinski definition) is 2. The van der Waals surface area contributed by atoms with E-state index >= 15 is 0 Å². The van der Waals surface area contributed by atoms with E-state index in [0.29, 0.717) is 10.7 Å². The van der Waals surface area contributed by atoms with Crippen LogP contribution in [0.3, 0.4) is 0 Å². The van der Waals surface area contributed by atoms with Crippen molar-refractivity contribution in [1.29, 1.82) is 0 Å². The lowest BCUT2D eigenvalue weighted by Gasteiger charge is -2.31. The van der Waals surface area contributed by atoms with Gasteiger partial charge < -0.3 is 5.21 Å². The third-order valence-electron chi connectivity index (χ3n) is 5.46. The zero-order valence-electron chi connectivity index (χ0n) is 11.2. The Bertz CT molecular complexity index is 852. The van der Waals surface area contributed by atoms with E-state index in [9.17, 15) is 5.21 Å². The minimum absolute atomic E-state index is 0.103. The molecule has 21 heavy (non-hydrogen) atoms. The first-order valence-electron chi connectivity index (χ1n) is 7.19. The van der Waals surface area contributed by atoms with Gasteiger partial charge >= 0.3 is 0 Å². The number of nitrogens with one attached hydrogen (secondary N) is 1. The van der Waals surface area contributed by atoms with Crippen molar-refractivity contribution in [3.05, 3.63) is 28.3 Å². The lowest BCUT2D eigenvalue weighted by Crippen LogP contribution is -2.26. The van der Waals surface area contributed by atoms with Crippen molar-refractivity contribution < 1.29 is 5.21 Å². The maximum Gasteiger partial charge on any atom is 0.116 e. The second kappa shape index (κ2) is 3.65. The van der Waals surface area contributed by atoms with Crippen molar-refractivity contribution in [3.8, 4) is 0 Å². The Labute approximate surface area is 125 Å². The van der Waals surface area contributed by atoms with Crippen LogP contribution in [0.25, 0.3) is 16.6 Å². The predicted octanol–water partition coefficient (Wildman–Crippen LogP) is 3.09. The Balaban J connectivity index is 1.87. The largest absolute Gasteiger partial charge is 0.411 e. The highest BCUT2D eigenvalue weighted by atomic mass is 35.5. The summed E-state index contributed by atoms with van der Waals surface area (Å²) in [5.41, 5.74) is 6.15. The highest BCUT2D eigenvalue weighted by Gasteiger charge is 2.54. The number of hydrogen-bond acceptors (Lipinski definition) is 4. The van der Waals surface area contributed by atoms with E-state index in [1.54, 1.807) is 0 Å². The third-order valence-corrected chi connectivity index (χ3v) is 5.84. The summed E-state index contributed by atoms with van der Waals surface area (Å²) in [7, 11) is 0. The van der Waals surface area contributed by atoms with Gasteiger partial charge in [-0.2, -0.15) is 15.4 Å². The van der Waals surface area contributed by atoms with Crippen molar-refractivity contribution in [2.24, 2.45) is 16.5 Å². The number of benzene rings is 1. The first-order chi connectivity index (χ1) is 10.2. The van der Waals surface area contributed by atoms with Crippen LogP contribution in [0.1, 0.15) is 30.4 Å². The molecule has 2 aromatic rings. The second-order valence-corrected chi connectivity index (χ2v) is 6.73. The molecule has 1 spiro atoms. The van der Waals surface area contributed by atoms with E-state index in [2.05, 4.69) is 26.6 Å². The number of aromatic amines is 1. The molecule has 6 heteroatoms. The van der Waals surface area contributed by atoms with Gasteiger partial charge in [0.25, 0.3) is 0 Å². The van der Waals surface area contributed by atoms with E-state index in [-0.39, 0.29) is 11.3 Å². The van der Waals surface area contributed by atoms with E-state index < -0.39 is 0 Å². The first kappa shape index (κ1) is 11.7. The number of oxime groups is 1. The minimum atomic E-state index is 0.103. The summed E-state index contributed by atoms with van der Waals surface area (Å²) in [6, 6.07) is 4.06. The zero-order chi connectivity index (χ0) is 14.2. The van der Waals surface area contributed by atoms with Crippen molar-refractivity contribution in [2.75, 3.05) is 0 Å². The van der Waals surface area contributed by atoms with E-state index in [1.807, 2.05) is 6.07 Å². The number of halogens is 1. The number of fused-ring (bicyclic) bond motifs is 5. The maximum atomic E-state index is 9.33. The summed E-state index contributed by atoms with van der Waals surface area (Å²) in [5.74, 6) is 0.286. The highest BCUT2D eigenvalue weighted by molar-refractivity contribution is 6.47. The molecular formula is C15H13ClN4O. The molecule has 0 saturated heterocycles. The molecule has 2 unspecified atom stereocenters. The van der Waals surface area contributed by atoms with E-state index in [4.69, 9.17) is 11.6 Å². The standard InChI is InChI=1S/C15H13ClN4O/c16-12-11-8-1-2-10-14(18-20-17-10)9(8)6-15(11)4-3-7(5-15)13(12)19-21/h1-2,7,21H,3-6H2,(H,17,18,20)/b19-13+. The fourth-order valence-corrected chi connectivity index (χ4v) is 5.12. The fourth-order valence-electron chi connectivity index (χ4n) is 4.62. The van der Waals surface area contributed by atoms with Crippen LogP contribution >= 0.6 is 11.6 Å². The molecular weight excluding hydrogens is 288 g/mol. The number of aromatic nitrogens is 3. The Morgan fingerprint density at radius 2 is 2.29 bits per heavy atom. The molecule has 3 aliphatic rings. The highest BCUT2D eigenvalue weighted by Crippen LogP contribution is 2.63. The van der Waals surface area contributed by atoms with Gasteiger partial charge in [-0.05, 0) is 48.4 Å². The molecule has 0 aliphatic heterocycles. The summed E-state index contributed by atoms with van der Waals surface area (Å²) in [5, 5.41) is 24.6. The lowest BCUT2D eigenvalue weighted by molar-refractivity contribution is 0.313. The minimum Gasteiger partial charge on any atom is -0.411 e. The van der Waals surface area contributed by atoms with Gasteiger partial charge in [-0.1, -0.05) is 22.8 Å². The number of allylic oxidation sites excluding steroid dienone is 2. The second-order valence-electron chi connectivity index (χ2n) is 6.35. The Kier molecular flexibility index (Phi) is 2.04. The summed E-state index contributed by atoms with van der Waals surface area (Å²) in [4.78, 5) is 0. The van der Waals surface area contributed by atoms with Gasteiger partial charge in [0.05, 0.1) is 5.03 Å². The summed E-state index contributed by atoms with van der Waals surface area (Å²) >= 11 is 6.61. The molecule has 106 valence electrons. The van der Waals surface area contributed by atoms with Gasteiger partial charge in [0.15, 0.2) is 0 Å². The smallest absolute Gasteiger partial charge is 0.116 e. The number of H-pyrrole nitrogens is 1. The zero-order valence-corrected chi connectivity index (χ0v) is 12.0. The Morgan fingerprint density at radius 3 is 3.14 bits per heavy atom. The van der Waals surface area contributed by atoms with Crippen LogP contribution in [0.4, 0.5) is 0 Å². The van der Waals surface area contributed by atoms with Crippen molar-refractivity contribution >= 4 is 33.9 Å². The molecule has 3 aliphatic carbocycles.